The Balaban J connectivity index is 2.01. The van der Waals surface area contributed by atoms with Crippen LogP contribution in [0.3, 0.4) is 0 Å². The van der Waals surface area contributed by atoms with Gasteiger partial charge in [-0.2, -0.15) is 0 Å². The molecule has 0 amide bonds. The van der Waals surface area contributed by atoms with Crippen molar-refractivity contribution in [1.82, 2.24) is 15.0 Å². The van der Waals surface area contributed by atoms with E-state index in [1.165, 1.54) is 11.3 Å². The van der Waals surface area contributed by atoms with Crippen LogP contribution in [0.4, 0.5) is 5.69 Å². The van der Waals surface area contributed by atoms with Crippen molar-refractivity contribution in [1.29, 1.82) is 0 Å². The Morgan fingerprint density at radius 2 is 2.05 bits per heavy atom. The van der Waals surface area contributed by atoms with Gasteiger partial charge in [-0.25, -0.2) is 0 Å². The number of nitrogens with zero attached hydrogens (tertiary/aromatic N) is 3. The summed E-state index contributed by atoms with van der Waals surface area (Å²) < 4.78 is 1.89. The van der Waals surface area contributed by atoms with Crippen LogP contribution in [0.25, 0.3) is 0 Å². The fourth-order valence-electron chi connectivity index (χ4n) is 2.11. The average Bonchev–Trinajstić information content (AvgIpc) is 2.85. The Morgan fingerprint density at radius 1 is 1.26 bits per heavy atom. The number of para-hydroxylation sites is 1. The van der Waals surface area contributed by atoms with Crippen LogP contribution in [0, 0.1) is 0 Å². The minimum Gasteiger partial charge on any atom is -0.379 e. The van der Waals surface area contributed by atoms with Crippen molar-refractivity contribution in [3.8, 4) is 0 Å². The largest absolute Gasteiger partial charge is 0.379 e. The third-order valence-electron chi connectivity index (χ3n) is 3.08. The van der Waals surface area contributed by atoms with Crippen molar-refractivity contribution in [2.45, 2.75) is 46.2 Å². The van der Waals surface area contributed by atoms with Crippen LogP contribution in [0.2, 0.25) is 0 Å². The molecule has 0 aliphatic rings. The van der Waals surface area contributed by atoms with E-state index in [-0.39, 0.29) is 0 Å². The highest BCUT2D eigenvalue weighted by molar-refractivity contribution is 5.52. The van der Waals surface area contributed by atoms with Gasteiger partial charge in [-0.05, 0) is 24.0 Å². The Kier molecular flexibility index (Phi) is 4.55. The number of aromatic nitrogens is 3. The van der Waals surface area contributed by atoms with E-state index < -0.39 is 0 Å². The van der Waals surface area contributed by atoms with E-state index in [4.69, 9.17) is 0 Å². The highest BCUT2D eigenvalue weighted by Gasteiger charge is 2.06. The van der Waals surface area contributed by atoms with Gasteiger partial charge in [-0.1, -0.05) is 44.2 Å². The maximum Gasteiger partial charge on any atom is 0.102 e. The molecule has 2 aromatic rings. The third-order valence-corrected chi connectivity index (χ3v) is 3.08. The molecule has 0 aliphatic carbocycles. The summed E-state index contributed by atoms with van der Waals surface area (Å²) in [5.74, 6) is 0.513. The molecule has 19 heavy (non-hydrogen) atoms. The molecule has 0 atom stereocenters. The molecule has 0 spiro atoms. The molecular weight excluding hydrogens is 236 g/mol. The molecule has 0 radical (unpaired) electrons. The van der Waals surface area contributed by atoms with Crippen LogP contribution in [0.15, 0.2) is 30.5 Å². The summed E-state index contributed by atoms with van der Waals surface area (Å²) in [4.78, 5) is 0. The summed E-state index contributed by atoms with van der Waals surface area (Å²) >= 11 is 0. The number of anilines is 1. The van der Waals surface area contributed by atoms with Gasteiger partial charge in [0.05, 0.1) is 12.7 Å². The zero-order valence-corrected chi connectivity index (χ0v) is 11.9. The van der Waals surface area contributed by atoms with E-state index in [9.17, 15) is 0 Å². The highest BCUT2D eigenvalue weighted by atomic mass is 15.4. The molecule has 102 valence electrons. The number of aryl methyl sites for hydroxylation is 1. The van der Waals surface area contributed by atoms with Crippen LogP contribution in [-0.2, 0) is 13.1 Å². The SMILES string of the molecule is CCCn1cc(CNc2ccccc2C(C)C)nn1. The van der Waals surface area contributed by atoms with Gasteiger partial charge in [-0.15, -0.1) is 5.10 Å². The summed E-state index contributed by atoms with van der Waals surface area (Å²) in [5.41, 5.74) is 3.50. The predicted molar refractivity (Wildman–Crippen MR) is 78.2 cm³/mol. The molecule has 1 heterocycles. The lowest BCUT2D eigenvalue weighted by atomic mass is 10.0. The average molecular weight is 258 g/mol. The van der Waals surface area contributed by atoms with Gasteiger partial charge in [0, 0.05) is 12.2 Å². The first-order valence-electron chi connectivity index (χ1n) is 6.92. The van der Waals surface area contributed by atoms with Crippen molar-refractivity contribution < 1.29 is 0 Å². The number of hydrogen-bond acceptors (Lipinski definition) is 3. The van der Waals surface area contributed by atoms with E-state index in [0.29, 0.717) is 12.5 Å². The quantitative estimate of drug-likeness (QED) is 0.863. The molecule has 4 heteroatoms. The van der Waals surface area contributed by atoms with Crippen LogP contribution >= 0.6 is 0 Å². The van der Waals surface area contributed by atoms with Gasteiger partial charge in [0.2, 0.25) is 0 Å². The molecule has 0 bridgehead atoms. The van der Waals surface area contributed by atoms with E-state index >= 15 is 0 Å². The molecule has 1 N–H and O–H groups in total. The monoisotopic (exact) mass is 258 g/mol. The molecule has 0 unspecified atom stereocenters. The molecule has 0 fully saturated rings. The standard InChI is InChI=1S/C15H22N4/c1-4-9-19-11-13(17-18-19)10-16-15-8-6-5-7-14(15)12(2)3/h5-8,11-12,16H,4,9-10H2,1-3H3. The first-order chi connectivity index (χ1) is 9.20. The number of rotatable bonds is 6. The van der Waals surface area contributed by atoms with Gasteiger partial charge >= 0.3 is 0 Å². The third kappa shape index (κ3) is 3.56. The van der Waals surface area contributed by atoms with E-state index in [0.717, 1.165) is 18.7 Å². The van der Waals surface area contributed by atoms with E-state index in [2.05, 4.69) is 60.7 Å². The Bertz CT molecular complexity index is 516. The molecule has 1 aromatic carbocycles. The maximum atomic E-state index is 4.17. The van der Waals surface area contributed by atoms with Gasteiger partial charge in [0.15, 0.2) is 0 Å². The van der Waals surface area contributed by atoms with Crippen LogP contribution in [0.5, 0.6) is 0 Å². The van der Waals surface area contributed by atoms with Gasteiger partial charge in [-0.3, -0.25) is 4.68 Å². The normalized spacial score (nSPS) is 10.9. The zero-order valence-electron chi connectivity index (χ0n) is 11.9. The summed E-state index contributed by atoms with van der Waals surface area (Å²) in [6, 6.07) is 8.42. The maximum absolute atomic E-state index is 4.17. The molecular formula is C15H22N4. The number of hydrogen-bond donors (Lipinski definition) is 1. The van der Waals surface area contributed by atoms with Gasteiger partial charge in [0.1, 0.15) is 5.69 Å². The predicted octanol–water partition coefficient (Wildman–Crippen LogP) is 3.42. The van der Waals surface area contributed by atoms with Crippen LogP contribution < -0.4 is 5.32 Å². The first-order valence-corrected chi connectivity index (χ1v) is 6.92. The summed E-state index contributed by atoms with van der Waals surface area (Å²) in [7, 11) is 0. The lowest BCUT2D eigenvalue weighted by Gasteiger charge is -2.13. The molecule has 2 rings (SSSR count). The second kappa shape index (κ2) is 6.36. The molecule has 0 saturated carbocycles. The van der Waals surface area contributed by atoms with E-state index in [1.54, 1.807) is 0 Å². The second-order valence-electron chi connectivity index (χ2n) is 5.07. The lowest BCUT2D eigenvalue weighted by Crippen LogP contribution is -2.03. The van der Waals surface area contributed by atoms with Crippen LogP contribution in [-0.4, -0.2) is 15.0 Å². The number of nitrogens with one attached hydrogen (secondary N) is 1. The Morgan fingerprint density at radius 3 is 2.79 bits per heavy atom. The van der Waals surface area contributed by atoms with Crippen molar-refractivity contribution in [3.05, 3.63) is 41.7 Å². The van der Waals surface area contributed by atoms with Crippen molar-refractivity contribution in [2.75, 3.05) is 5.32 Å². The minimum absolute atomic E-state index is 0.513. The smallest absolute Gasteiger partial charge is 0.102 e. The number of benzene rings is 1. The van der Waals surface area contributed by atoms with E-state index in [1.807, 2.05) is 10.9 Å². The van der Waals surface area contributed by atoms with Gasteiger partial charge < -0.3 is 5.32 Å². The molecule has 0 saturated heterocycles. The van der Waals surface area contributed by atoms with Crippen molar-refractivity contribution in [2.24, 2.45) is 0 Å². The van der Waals surface area contributed by atoms with Crippen molar-refractivity contribution >= 4 is 5.69 Å². The van der Waals surface area contributed by atoms with Crippen molar-refractivity contribution in [3.63, 3.8) is 0 Å². The fraction of sp³-hybridized carbons (Fsp3) is 0.467. The molecule has 0 aliphatic heterocycles. The summed E-state index contributed by atoms with van der Waals surface area (Å²) in [5, 5.41) is 11.7. The Labute approximate surface area is 114 Å². The second-order valence-corrected chi connectivity index (χ2v) is 5.07. The Hall–Kier alpha value is -1.84. The zero-order chi connectivity index (χ0) is 13.7. The summed E-state index contributed by atoms with van der Waals surface area (Å²) in [6.45, 7) is 8.19. The van der Waals surface area contributed by atoms with Gasteiger partial charge in [0.25, 0.3) is 0 Å². The van der Waals surface area contributed by atoms with Crippen LogP contribution in [0.1, 0.15) is 44.4 Å². The molecule has 4 nitrogen and oxygen atoms in total. The first kappa shape index (κ1) is 13.6. The highest BCUT2D eigenvalue weighted by Crippen LogP contribution is 2.23. The lowest BCUT2D eigenvalue weighted by molar-refractivity contribution is 0.579. The fourth-order valence-corrected chi connectivity index (χ4v) is 2.11. The summed E-state index contributed by atoms with van der Waals surface area (Å²) in [6.07, 6.45) is 3.08. The molecule has 1 aromatic heterocycles. The topological polar surface area (TPSA) is 42.7 Å². The minimum atomic E-state index is 0.513.